The van der Waals surface area contributed by atoms with Gasteiger partial charge in [0.15, 0.2) is 0 Å². The Balaban J connectivity index is 1.83. The van der Waals surface area contributed by atoms with E-state index >= 15 is 0 Å². The summed E-state index contributed by atoms with van der Waals surface area (Å²) in [4.78, 5) is 2.62. The van der Waals surface area contributed by atoms with Crippen molar-refractivity contribution in [3.63, 3.8) is 0 Å². The van der Waals surface area contributed by atoms with Crippen LogP contribution in [0.5, 0.6) is 0 Å². The normalized spacial score (nSPS) is 17.2. The lowest BCUT2D eigenvalue weighted by molar-refractivity contribution is 0.178. The lowest BCUT2D eigenvalue weighted by atomic mass is 9.85. The van der Waals surface area contributed by atoms with Crippen LogP contribution in [-0.2, 0) is 0 Å². The summed E-state index contributed by atoms with van der Waals surface area (Å²) < 4.78 is 1.15. The van der Waals surface area contributed by atoms with E-state index in [1.165, 1.54) is 50.9 Å². The highest BCUT2D eigenvalue weighted by Crippen LogP contribution is 2.27. The fourth-order valence-electron chi connectivity index (χ4n) is 2.90. The highest BCUT2D eigenvalue weighted by atomic mass is 79.9. The van der Waals surface area contributed by atoms with Crippen LogP contribution in [0.1, 0.15) is 44.2 Å². The molecular formula is C17H27BrN2. The van der Waals surface area contributed by atoms with Crippen LogP contribution in [0.25, 0.3) is 0 Å². The van der Waals surface area contributed by atoms with Crippen molar-refractivity contribution in [2.75, 3.05) is 26.7 Å². The summed E-state index contributed by atoms with van der Waals surface area (Å²) >= 11 is 3.50. The minimum atomic E-state index is 0.457. The summed E-state index contributed by atoms with van der Waals surface area (Å²) in [5, 5.41) is 3.46. The van der Waals surface area contributed by atoms with Gasteiger partial charge in [0.2, 0.25) is 0 Å². The Labute approximate surface area is 132 Å². The molecule has 1 aliphatic carbocycles. The Morgan fingerprint density at radius 2 is 2.00 bits per heavy atom. The Morgan fingerprint density at radius 3 is 2.50 bits per heavy atom. The van der Waals surface area contributed by atoms with E-state index in [-0.39, 0.29) is 0 Å². The zero-order valence-corrected chi connectivity index (χ0v) is 14.3. The molecular weight excluding hydrogens is 312 g/mol. The van der Waals surface area contributed by atoms with Gasteiger partial charge in [0.05, 0.1) is 0 Å². The van der Waals surface area contributed by atoms with E-state index in [9.17, 15) is 0 Å². The molecule has 1 saturated carbocycles. The van der Waals surface area contributed by atoms with Crippen molar-refractivity contribution in [3.05, 3.63) is 34.3 Å². The second-order valence-electron chi connectivity index (χ2n) is 5.87. The molecule has 1 aromatic carbocycles. The van der Waals surface area contributed by atoms with E-state index < -0.39 is 0 Å². The van der Waals surface area contributed by atoms with Crippen LogP contribution in [0.2, 0.25) is 0 Å². The third kappa shape index (κ3) is 4.57. The standard InChI is InChI=1S/C17H27BrN2/c1-3-20(13-14-5-4-6-14)12-11-17(19-2)15-7-9-16(18)10-8-15/h7-10,14,17,19H,3-6,11-13H2,1-2H3. The largest absolute Gasteiger partial charge is 0.313 e. The van der Waals surface area contributed by atoms with Gasteiger partial charge in [-0.15, -0.1) is 0 Å². The minimum absolute atomic E-state index is 0.457. The number of hydrogen-bond donors (Lipinski definition) is 1. The summed E-state index contributed by atoms with van der Waals surface area (Å²) in [6.07, 6.45) is 5.51. The van der Waals surface area contributed by atoms with Crippen LogP contribution >= 0.6 is 15.9 Å². The molecule has 0 aliphatic heterocycles. The highest BCUT2D eigenvalue weighted by molar-refractivity contribution is 9.10. The van der Waals surface area contributed by atoms with Crippen molar-refractivity contribution >= 4 is 15.9 Å². The second kappa shape index (κ2) is 8.16. The first kappa shape index (κ1) is 16.0. The number of benzene rings is 1. The SMILES string of the molecule is CCN(CCC(NC)c1ccc(Br)cc1)CC1CCC1. The van der Waals surface area contributed by atoms with Crippen LogP contribution in [0.4, 0.5) is 0 Å². The summed E-state index contributed by atoms with van der Waals surface area (Å²) in [6.45, 7) is 5.95. The van der Waals surface area contributed by atoms with Crippen LogP contribution in [-0.4, -0.2) is 31.6 Å². The number of halogens is 1. The topological polar surface area (TPSA) is 15.3 Å². The van der Waals surface area contributed by atoms with Crippen LogP contribution in [0.15, 0.2) is 28.7 Å². The number of nitrogens with zero attached hydrogens (tertiary/aromatic N) is 1. The predicted molar refractivity (Wildman–Crippen MR) is 90.0 cm³/mol. The lowest BCUT2D eigenvalue weighted by Gasteiger charge is -2.32. The number of hydrogen-bond acceptors (Lipinski definition) is 2. The Morgan fingerprint density at radius 1 is 1.30 bits per heavy atom. The summed E-state index contributed by atoms with van der Waals surface area (Å²) in [5.74, 6) is 0.968. The molecule has 0 spiro atoms. The summed E-state index contributed by atoms with van der Waals surface area (Å²) in [6, 6.07) is 9.15. The van der Waals surface area contributed by atoms with E-state index in [1.54, 1.807) is 0 Å². The third-order valence-corrected chi connectivity index (χ3v) is 5.07. The van der Waals surface area contributed by atoms with Gasteiger partial charge in [-0.3, -0.25) is 0 Å². The van der Waals surface area contributed by atoms with Gasteiger partial charge >= 0.3 is 0 Å². The van der Waals surface area contributed by atoms with Gasteiger partial charge in [-0.1, -0.05) is 41.4 Å². The third-order valence-electron chi connectivity index (χ3n) is 4.54. The van der Waals surface area contributed by atoms with Crippen molar-refractivity contribution in [2.45, 2.75) is 38.6 Å². The van der Waals surface area contributed by atoms with Crippen LogP contribution in [0.3, 0.4) is 0 Å². The number of nitrogens with one attached hydrogen (secondary N) is 1. The van der Waals surface area contributed by atoms with Gasteiger partial charge in [-0.25, -0.2) is 0 Å². The highest BCUT2D eigenvalue weighted by Gasteiger charge is 2.20. The molecule has 1 aromatic rings. The predicted octanol–water partition coefficient (Wildman–Crippen LogP) is 4.22. The van der Waals surface area contributed by atoms with Crippen molar-refractivity contribution in [1.29, 1.82) is 0 Å². The second-order valence-corrected chi connectivity index (χ2v) is 6.79. The molecule has 3 heteroatoms. The summed E-state index contributed by atoms with van der Waals surface area (Å²) in [7, 11) is 2.06. The number of rotatable bonds is 8. The zero-order valence-electron chi connectivity index (χ0n) is 12.7. The molecule has 1 fully saturated rings. The van der Waals surface area contributed by atoms with Gasteiger partial charge in [-0.05, 0) is 63.0 Å². The Hall–Kier alpha value is -0.380. The molecule has 20 heavy (non-hydrogen) atoms. The molecule has 0 radical (unpaired) electrons. The molecule has 0 bridgehead atoms. The van der Waals surface area contributed by atoms with E-state index in [4.69, 9.17) is 0 Å². The Kier molecular flexibility index (Phi) is 6.53. The van der Waals surface area contributed by atoms with Crippen molar-refractivity contribution < 1.29 is 0 Å². The van der Waals surface area contributed by atoms with Gasteiger partial charge in [0, 0.05) is 17.1 Å². The van der Waals surface area contributed by atoms with Crippen LogP contribution < -0.4 is 5.32 Å². The molecule has 0 heterocycles. The van der Waals surface area contributed by atoms with Gasteiger partial charge in [0.25, 0.3) is 0 Å². The van der Waals surface area contributed by atoms with Gasteiger partial charge in [0.1, 0.15) is 0 Å². The van der Waals surface area contributed by atoms with Crippen LogP contribution in [0, 0.1) is 5.92 Å². The molecule has 0 amide bonds. The van der Waals surface area contributed by atoms with Gasteiger partial charge < -0.3 is 10.2 Å². The van der Waals surface area contributed by atoms with E-state index in [0.29, 0.717) is 6.04 Å². The average Bonchev–Trinajstić information content (AvgIpc) is 2.42. The fourth-order valence-corrected chi connectivity index (χ4v) is 3.17. The molecule has 112 valence electrons. The van der Waals surface area contributed by atoms with Gasteiger partial charge in [-0.2, -0.15) is 0 Å². The minimum Gasteiger partial charge on any atom is -0.313 e. The zero-order chi connectivity index (χ0) is 14.4. The average molecular weight is 339 g/mol. The molecule has 0 saturated heterocycles. The molecule has 1 unspecified atom stereocenters. The smallest absolute Gasteiger partial charge is 0.0329 e. The molecule has 1 N–H and O–H groups in total. The molecule has 2 rings (SSSR count). The molecule has 1 atom stereocenters. The van der Waals surface area contributed by atoms with Crippen molar-refractivity contribution in [1.82, 2.24) is 10.2 Å². The first-order chi connectivity index (χ1) is 9.72. The molecule has 2 nitrogen and oxygen atoms in total. The van der Waals surface area contributed by atoms with E-state index in [2.05, 4.69) is 64.4 Å². The van der Waals surface area contributed by atoms with Crippen molar-refractivity contribution in [3.8, 4) is 0 Å². The maximum Gasteiger partial charge on any atom is 0.0329 e. The first-order valence-electron chi connectivity index (χ1n) is 7.88. The summed E-state index contributed by atoms with van der Waals surface area (Å²) in [5.41, 5.74) is 1.38. The van der Waals surface area contributed by atoms with E-state index in [1.807, 2.05) is 0 Å². The lowest BCUT2D eigenvalue weighted by Crippen LogP contribution is -2.34. The monoisotopic (exact) mass is 338 g/mol. The fraction of sp³-hybridized carbons (Fsp3) is 0.647. The maximum absolute atomic E-state index is 3.50. The first-order valence-corrected chi connectivity index (χ1v) is 8.67. The molecule has 0 aromatic heterocycles. The van der Waals surface area contributed by atoms with E-state index in [0.717, 1.165) is 10.4 Å². The quantitative estimate of drug-likeness (QED) is 0.763. The molecule has 1 aliphatic rings. The Bertz CT molecular complexity index is 386. The maximum atomic E-state index is 3.50. The van der Waals surface area contributed by atoms with Crippen molar-refractivity contribution in [2.24, 2.45) is 5.92 Å².